The summed E-state index contributed by atoms with van der Waals surface area (Å²) in [4.78, 5) is 26.8. The number of ether oxygens (including phenoxy) is 1. The highest BCUT2D eigenvalue weighted by atomic mass is 35.5. The average molecular weight is 437 g/mol. The zero-order chi connectivity index (χ0) is 21.6. The van der Waals surface area contributed by atoms with Crippen molar-refractivity contribution in [3.8, 4) is 5.75 Å². The first-order valence-corrected chi connectivity index (χ1v) is 10.2. The maximum Gasteiger partial charge on any atom is 0.261 e. The normalized spacial score (nSPS) is 11.7. The van der Waals surface area contributed by atoms with Gasteiger partial charge in [0, 0.05) is 13.1 Å². The van der Waals surface area contributed by atoms with Crippen LogP contribution in [0.4, 0.5) is 0 Å². The van der Waals surface area contributed by atoms with E-state index >= 15 is 0 Å². The number of hydrogen-bond donors (Lipinski definition) is 1. The van der Waals surface area contributed by atoms with Crippen molar-refractivity contribution in [2.24, 2.45) is 0 Å². The summed E-state index contributed by atoms with van der Waals surface area (Å²) in [7, 11) is 0. The number of hydrogen-bond acceptors (Lipinski definition) is 3. The Kier molecular flexibility index (Phi) is 8.35. The Morgan fingerprint density at radius 3 is 2.52 bits per heavy atom. The molecule has 7 heteroatoms. The van der Waals surface area contributed by atoms with Crippen molar-refractivity contribution in [3.63, 3.8) is 0 Å². The number of halogens is 2. The summed E-state index contributed by atoms with van der Waals surface area (Å²) in [6.07, 6.45) is 0. The first-order valence-electron chi connectivity index (χ1n) is 9.44. The summed E-state index contributed by atoms with van der Waals surface area (Å²) in [5, 5.41) is 3.59. The minimum Gasteiger partial charge on any atom is -0.483 e. The van der Waals surface area contributed by atoms with Crippen LogP contribution < -0.4 is 10.1 Å². The lowest BCUT2D eigenvalue weighted by Gasteiger charge is -2.29. The smallest absolute Gasteiger partial charge is 0.261 e. The van der Waals surface area contributed by atoms with Gasteiger partial charge < -0.3 is 15.0 Å². The van der Waals surface area contributed by atoms with Gasteiger partial charge in [-0.05, 0) is 62.6 Å². The van der Waals surface area contributed by atoms with Gasteiger partial charge in [0.05, 0.1) is 10.0 Å². The third-order valence-corrected chi connectivity index (χ3v) is 5.50. The van der Waals surface area contributed by atoms with E-state index in [4.69, 9.17) is 27.9 Å². The van der Waals surface area contributed by atoms with E-state index in [9.17, 15) is 9.59 Å². The van der Waals surface area contributed by atoms with Crippen molar-refractivity contribution < 1.29 is 14.3 Å². The van der Waals surface area contributed by atoms with E-state index in [-0.39, 0.29) is 25.0 Å². The fourth-order valence-corrected chi connectivity index (χ4v) is 3.16. The lowest BCUT2D eigenvalue weighted by Crippen LogP contribution is -2.49. The van der Waals surface area contributed by atoms with Gasteiger partial charge in [-0.1, -0.05) is 41.4 Å². The third kappa shape index (κ3) is 6.12. The minimum absolute atomic E-state index is 0.171. The van der Waals surface area contributed by atoms with E-state index < -0.39 is 6.04 Å². The van der Waals surface area contributed by atoms with Gasteiger partial charge in [-0.2, -0.15) is 0 Å². The second-order valence-corrected chi connectivity index (χ2v) is 7.64. The highest BCUT2D eigenvalue weighted by molar-refractivity contribution is 6.42. The summed E-state index contributed by atoms with van der Waals surface area (Å²) in [6, 6.07) is 10.2. The highest BCUT2D eigenvalue weighted by Gasteiger charge is 2.26. The molecule has 2 aromatic carbocycles. The maximum absolute atomic E-state index is 13.0. The molecule has 156 valence electrons. The molecule has 0 spiro atoms. The molecule has 0 aromatic heterocycles. The molecule has 0 radical (unpaired) electrons. The first kappa shape index (κ1) is 23.0. The summed E-state index contributed by atoms with van der Waals surface area (Å²) in [6.45, 7) is 7.98. The Hall–Kier alpha value is -2.24. The lowest BCUT2D eigenvalue weighted by atomic mass is 10.1. The predicted molar refractivity (Wildman–Crippen MR) is 117 cm³/mol. The molecule has 0 bridgehead atoms. The first-order chi connectivity index (χ1) is 13.7. The van der Waals surface area contributed by atoms with Gasteiger partial charge in [-0.15, -0.1) is 0 Å². The van der Waals surface area contributed by atoms with Gasteiger partial charge in [0.15, 0.2) is 6.61 Å². The molecule has 1 unspecified atom stereocenters. The van der Waals surface area contributed by atoms with Crippen LogP contribution in [-0.4, -0.2) is 35.9 Å². The Labute approximate surface area is 181 Å². The quantitative estimate of drug-likeness (QED) is 0.660. The number of likely N-dealkylation sites (N-methyl/N-ethyl adjacent to an activating group) is 1. The molecule has 0 heterocycles. The van der Waals surface area contributed by atoms with Gasteiger partial charge >= 0.3 is 0 Å². The topological polar surface area (TPSA) is 58.6 Å². The van der Waals surface area contributed by atoms with Crippen molar-refractivity contribution >= 4 is 35.0 Å². The van der Waals surface area contributed by atoms with Crippen LogP contribution in [0.15, 0.2) is 36.4 Å². The molecule has 0 aliphatic carbocycles. The number of aryl methyl sites for hydroxylation is 1. The molecule has 0 saturated carbocycles. The maximum atomic E-state index is 13.0. The van der Waals surface area contributed by atoms with Gasteiger partial charge in [-0.25, -0.2) is 0 Å². The van der Waals surface area contributed by atoms with E-state index in [1.807, 2.05) is 39.0 Å². The van der Waals surface area contributed by atoms with Crippen molar-refractivity contribution in [2.45, 2.75) is 40.3 Å². The zero-order valence-electron chi connectivity index (χ0n) is 17.1. The van der Waals surface area contributed by atoms with Gasteiger partial charge in [0.1, 0.15) is 11.8 Å². The third-order valence-electron chi connectivity index (χ3n) is 4.76. The number of rotatable bonds is 8. The summed E-state index contributed by atoms with van der Waals surface area (Å²) >= 11 is 12.1. The fourth-order valence-electron chi connectivity index (χ4n) is 2.84. The van der Waals surface area contributed by atoms with Crippen LogP contribution in [0.2, 0.25) is 10.0 Å². The highest BCUT2D eigenvalue weighted by Crippen LogP contribution is 2.24. The Bertz CT molecular complexity index is 886. The van der Waals surface area contributed by atoms with Crippen molar-refractivity contribution in [1.29, 1.82) is 0 Å². The second-order valence-electron chi connectivity index (χ2n) is 6.83. The van der Waals surface area contributed by atoms with E-state index in [1.165, 1.54) is 4.90 Å². The fraction of sp³-hybridized carbons (Fsp3) is 0.364. The molecular weight excluding hydrogens is 411 g/mol. The van der Waals surface area contributed by atoms with E-state index in [2.05, 4.69) is 5.32 Å². The van der Waals surface area contributed by atoms with Crippen molar-refractivity contribution in [3.05, 3.63) is 63.1 Å². The van der Waals surface area contributed by atoms with Gasteiger partial charge in [-0.3, -0.25) is 9.59 Å². The molecule has 0 aliphatic rings. The summed E-state index contributed by atoms with van der Waals surface area (Å²) in [5.41, 5.74) is 2.84. The Balaban J connectivity index is 2.20. The van der Waals surface area contributed by atoms with Crippen molar-refractivity contribution in [2.75, 3.05) is 13.2 Å². The number of benzene rings is 2. The van der Waals surface area contributed by atoms with Gasteiger partial charge in [0.2, 0.25) is 5.91 Å². The van der Waals surface area contributed by atoms with E-state index in [1.54, 1.807) is 25.1 Å². The molecule has 0 saturated heterocycles. The summed E-state index contributed by atoms with van der Waals surface area (Å²) < 4.78 is 5.76. The largest absolute Gasteiger partial charge is 0.483 e. The van der Waals surface area contributed by atoms with Crippen LogP contribution in [0.3, 0.4) is 0 Å². The lowest BCUT2D eigenvalue weighted by molar-refractivity contribution is -0.142. The monoisotopic (exact) mass is 436 g/mol. The van der Waals surface area contributed by atoms with Crippen molar-refractivity contribution in [1.82, 2.24) is 10.2 Å². The molecule has 0 fully saturated rings. The summed E-state index contributed by atoms with van der Waals surface area (Å²) in [5.74, 6) is 0.127. The molecular formula is C22H26Cl2N2O3. The Morgan fingerprint density at radius 1 is 1.14 bits per heavy atom. The van der Waals surface area contributed by atoms with Gasteiger partial charge in [0.25, 0.3) is 5.91 Å². The molecule has 29 heavy (non-hydrogen) atoms. The second kappa shape index (κ2) is 10.5. The molecule has 2 rings (SSSR count). The molecule has 2 aromatic rings. The molecule has 5 nitrogen and oxygen atoms in total. The van der Waals surface area contributed by atoms with Crippen LogP contribution in [-0.2, 0) is 16.1 Å². The SMILES string of the molecule is CCNC(=O)C(C)N(Cc1ccc(Cl)c(Cl)c1)C(=O)COc1cccc(C)c1C. The molecule has 1 atom stereocenters. The molecule has 0 aliphatic heterocycles. The molecule has 1 N–H and O–H groups in total. The van der Waals surface area contributed by atoms with Crippen LogP contribution in [0.1, 0.15) is 30.5 Å². The number of nitrogens with one attached hydrogen (secondary N) is 1. The van der Waals surface area contributed by atoms with Crippen LogP contribution in [0.5, 0.6) is 5.75 Å². The van der Waals surface area contributed by atoms with Crippen LogP contribution >= 0.6 is 23.2 Å². The van der Waals surface area contributed by atoms with E-state index in [0.717, 1.165) is 16.7 Å². The number of carbonyl (C=O) groups is 2. The molecule has 2 amide bonds. The van der Waals surface area contributed by atoms with Crippen LogP contribution in [0.25, 0.3) is 0 Å². The minimum atomic E-state index is -0.667. The standard InChI is InChI=1S/C22H26Cl2N2O3/c1-5-25-22(28)16(4)26(12-17-9-10-18(23)19(24)11-17)21(27)13-29-20-8-6-7-14(2)15(20)3/h6-11,16H,5,12-13H2,1-4H3,(H,25,28). The Morgan fingerprint density at radius 2 is 1.86 bits per heavy atom. The number of amides is 2. The average Bonchev–Trinajstić information content (AvgIpc) is 2.69. The zero-order valence-corrected chi connectivity index (χ0v) is 18.6. The van der Waals surface area contributed by atoms with Crippen LogP contribution in [0, 0.1) is 13.8 Å². The van der Waals surface area contributed by atoms with E-state index in [0.29, 0.717) is 22.3 Å². The number of nitrogens with zero attached hydrogens (tertiary/aromatic N) is 1. The predicted octanol–water partition coefficient (Wildman–Crippen LogP) is 4.54. The number of carbonyl (C=O) groups excluding carboxylic acids is 2.